The number of benzene rings is 3. The molecule has 1 fully saturated rings. The molecule has 3 aromatic rings. The molecule has 1 saturated heterocycles. The Hall–Kier alpha value is -2.99. The first-order chi connectivity index (χ1) is 15.1. The number of ether oxygens (including phenoxy) is 3. The zero-order valence-electron chi connectivity index (χ0n) is 18.3. The van der Waals surface area contributed by atoms with Gasteiger partial charge in [0.1, 0.15) is 0 Å². The van der Waals surface area contributed by atoms with Gasteiger partial charge in [0, 0.05) is 18.3 Å². The number of nitrogens with one attached hydrogen (secondary N) is 1. The third kappa shape index (κ3) is 3.35. The van der Waals surface area contributed by atoms with Gasteiger partial charge in [0.2, 0.25) is 0 Å². The Morgan fingerprint density at radius 1 is 0.935 bits per heavy atom. The first-order valence-corrected chi connectivity index (χ1v) is 10.8. The highest BCUT2D eigenvalue weighted by Gasteiger charge is 2.31. The second kappa shape index (κ2) is 7.93. The van der Waals surface area contributed by atoms with Crippen molar-refractivity contribution >= 4 is 33.3 Å². The number of carbonyl (C=O) groups is 1. The van der Waals surface area contributed by atoms with E-state index < -0.39 is 6.09 Å². The van der Waals surface area contributed by atoms with Gasteiger partial charge in [-0.3, -0.25) is 10.2 Å². The average Bonchev–Trinajstić information content (AvgIpc) is 2.82. The Morgan fingerprint density at radius 2 is 1.68 bits per heavy atom. The number of hydrogen-bond acceptors (Lipinski definition) is 5. The monoisotopic (exact) mass is 420 g/mol. The van der Waals surface area contributed by atoms with Gasteiger partial charge >= 0.3 is 6.09 Å². The predicted octanol–water partition coefficient (Wildman–Crippen LogP) is 5.10. The summed E-state index contributed by atoms with van der Waals surface area (Å²) in [5.41, 5.74) is 3.51. The second-order valence-electron chi connectivity index (χ2n) is 8.41. The molecule has 0 saturated carbocycles. The maximum Gasteiger partial charge on any atom is 0.411 e. The van der Waals surface area contributed by atoms with Gasteiger partial charge in [-0.15, -0.1) is 0 Å². The quantitative estimate of drug-likeness (QED) is 0.598. The third-order valence-electron chi connectivity index (χ3n) is 6.83. The van der Waals surface area contributed by atoms with Crippen molar-refractivity contribution in [1.29, 1.82) is 0 Å². The molecule has 2 aliphatic rings. The van der Waals surface area contributed by atoms with Crippen LogP contribution in [-0.4, -0.2) is 44.9 Å². The summed E-state index contributed by atoms with van der Waals surface area (Å²) in [5.74, 6) is 1.45. The van der Waals surface area contributed by atoms with E-state index >= 15 is 0 Å². The van der Waals surface area contributed by atoms with E-state index in [1.807, 2.05) is 12.1 Å². The summed E-state index contributed by atoms with van der Waals surface area (Å²) in [4.78, 5) is 14.4. The van der Waals surface area contributed by atoms with Crippen LogP contribution in [0, 0.1) is 0 Å². The summed E-state index contributed by atoms with van der Waals surface area (Å²) in [6.07, 6.45) is 4.42. The van der Waals surface area contributed by atoms with E-state index in [2.05, 4.69) is 28.4 Å². The van der Waals surface area contributed by atoms with Gasteiger partial charge in [-0.2, -0.15) is 0 Å². The molecule has 6 nitrogen and oxygen atoms in total. The molecule has 0 unspecified atom stereocenters. The minimum Gasteiger partial charge on any atom is -0.493 e. The van der Waals surface area contributed by atoms with Gasteiger partial charge in [-0.25, -0.2) is 4.79 Å². The number of anilines is 1. The van der Waals surface area contributed by atoms with Crippen molar-refractivity contribution in [3.8, 4) is 11.5 Å². The first kappa shape index (κ1) is 19.9. The Balaban J connectivity index is 1.79. The maximum absolute atomic E-state index is 11.8. The van der Waals surface area contributed by atoms with Gasteiger partial charge in [-0.05, 0) is 82.7 Å². The fourth-order valence-electron chi connectivity index (χ4n) is 5.31. The van der Waals surface area contributed by atoms with E-state index in [9.17, 15) is 4.79 Å². The normalized spacial score (nSPS) is 18.4. The summed E-state index contributed by atoms with van der Waals surface area (Å²) >= 11 is 0. The number of fused-ring (bicyclic) bond motifs is 7. The fourth-order valence-corrected chi connectivity index (χ4v) is 5.31. The highest BCUT2D eigenvalue weighted by molar-refractivity contribution is 6.13. The lowest BCUT2D eigenvalue weighted by molar-refractivity contribution is 0.128. The van der Waals surface area contributed by atoms with Crippen LogP contribution in [0.1, 0.15) is 30.4 Å². The van der Waals surface area contributed by atoms with Crippen LogP contribution in [-0.2, 0) is 17.7 Å². The van der Waals surface area contributed by atoms with Crippen molar-refractivity contribution in [3.05, 3.63) is 41.5 Å². The molecule has 0 bridgehead atoms. The Labute approximate surface area is 182 Å². The number of carbonyl (C=O) groups excluding carboxylic acids is 1. The third-order valence-corrected chi connectivity index (χ3v) is 6.83. The zero-order chi connectivity index (χ0) is 21.5. The van der Waals surface area contributed by atoms with Crippen LogP contribution in [0.2, 0.25) is 0 Å². The number of amides is 1. The maximum atomic E-state index is 11.8. The average molecular weight is 421 g/mol. The van der Waals surface area contributed by atoms with Crippen LogP contribution in [0.5, 0.6) is 11.5 Å². The Morgan fingerprint density at radius 3 is 2.42 bits per heavy atom. The Kier molecular flexibility index (Phi) is 5.10. The van der Waals surface area contributed by atoms with E-state index in [4.69, 9.17) is 14.2 Å². The molecule has 3 aromatic carbocycles. The highest BCUT2D eigenvalue weighted by Crippen LogP contribution is 2.43. The Bertz CT molecular complexity index is 1170. The van der Waals surface area contributed by atoms with Crippen LogP contribution in [0.4, 0.5) is 10.5 Å². The molecule has 2 aliphatic heterocycles. The molecule has 162 valence electrons. The molecule has 1 amide bonds. The van der Waals surface area contributed by atoms with Crippen molar-refractivity contribution in [1.82, 2.24) is 4.90 Å². The van der Waals surface area contributed by atoms with Crippen LogP contribution in [0.25, 0.3) is 21.5 Å². The van der Waals surface area contributed by atoms with Gasteiger partial charge in [-0.1, -0.05) is 12.5 Å². The van der Waals surface area contributed by atoms with Crippen molar-refractivity contribution in [2.45, 2.75) is 38.3 Å². The largest absolute Gasteiger partial charge is 0.493 e. The van der Waals surface area contributed by atoms with E-state index in [1.54, 1.807) is 14.2 Å². The molecule has 6 heteroatoms. The lowest BCUT2D eigenvalue weighted by Gasteiger charge is -2.41. The van der Waals surface area contributed by atoms with Crippen LogP contribution in [0.3, 0.4) is 0 Å². The summed E-state index contributed by atoms with van der Waals surface area (Å²) in [6, 6.07) is 10.9. The van der Waals surface area contributed by atoms with Gasteiger partial charge < -0.3 is 14.2 Å². The summed E-state index contributed by atoms with van der Waals surface area (Å²) in [6.45, 7) is 2.13. The molecule has 1 atom stereocenters. The summed E-state index contributed by atoms with van der Waals surface area (Å²) in [7, 11) is 4.71. The minimum atomic E-state index is -0.475. The number of methoxy groups -OCH3 is 3. The molecule has 0 spiro atoms. The molecular formula is C25H28N2O4. The topological polar surface area (TPSA) is 60.0 Å². The lowest BCUT2D eigenvalue weighted by Crippen LogP contribution is -2.43. The van der Waals surface area contributed by atoms with Crippen molar-refractivity contribution in [3.63, 3.8) is 0 Å². The number of nitrogens with zero attached hydrogens (tertiary/aromatic N) is 1. The number of piperidine rings is 1. The lowest BCUT2D eigenvalue weighted by atomic mass is 9.82. The molecule has 0 radical (unpaired) electrons. The van der Waals surface area contributed by atoms with E-state index in [-0.39, 0.29) is 0 Å². The minimum absolute atomic E-state index is 0.475. The molecule has 0 aromatic heterocycles. The smallest absolute Gasteiger partial charge is 0.411 e. The molecule has 1 N–H and O–H groups in total. The van der Waals surface area contributed by atoms with Crippen LogP contribution >= 0.6 is 0 Å². The second-order valence-corrected chi connectivity index (χ2v) is 8.41. The number of hydrogen-bond donors (Lipinski definition) is 1. The van der Waals surface area contributed by atoms with Gasteiger partial charge in [0.15, 0.2) is 11.5 Å². The first-order valence-electron chi connectivity index (χ1n) is 10.8. The standard InChI is InChI=1S/C25H28N2O4/c1-29-23-12-20-18-10-15(26-25(28)31-3)7-8-17(18)22-14-27-9-5-4-6-16(27)11-19(22)21(20)13-24(23)30-2/h7-8,10,12-13,16H,4-6,9,11,14H2,1-3H3,(H,26,28)/t16-/m1/s1. The molecule has 2 heterocycles. The summed E-state index contributed by atoms with van der Waals surface area (Å²) in [5, 5.41) is 7.45. The van der Waals surface area contributed by atoms with Crippen molar-refractivity contribution in [2.24, 2.45) is 0 Å². The SMILES string of the molecule is COC(=O)Nc1ccc2c3c(c4cc(OC)c(OC)cc4c2c1)C[C@H]1CCCCN1C3. The molecule has 5 rings (SSSR count). The van der Waals surface area contributed by atoms with Gasteiger partial charge in [0.25, 0.3) is 0 Å². The van der Waals surface area contributed by atoms with Crippen LogP contribution in [0.15, 0.2) is 30.3 Å². The van der Waals surface area contributed by atoms with E-state index in [0.717, 1.165) is 36.0 Å². The van der Waals surface area contributed by atoms with E-state index in [0.29, 0.717) is 17.5 Å². The van der Waals surface area contributed by atoms with Gasteiger partial charge in [0.05, 0.1) is 21.3 Å². The highest BCUT2D eigenvalue weighted by atomic mass is 16.5. The zero-order valence-corrected chi connectivity index (χ0v) is 18.3. The molecule has 0 aliphatic carbocycles. The predicted molar refractivity (Wildman–Crippen MR) is 122 cm³/mol. The van der Waals surface area contributed by atoms with Crippen molar-refractivity contribution in [2.75, 3.05) is 33.2 Å². The fraction of sp³-hybridized carbons (Fsp3) is 0.400. The van der Waals surface area contributed by atoms with Crippen LogP contribution < -0.4 is 14.8 Å². The summed E-state index contributed by atoms with van der Waals surface area (Å²) < 4.78 is 16.0. The van der Waals surface area contributed by atoms with Crippen molar-refractivity contribution < 1.29 is 19.0 Å². The molecular weight excluding hydrogens is 392 g/mol. The van der Waals surface area contributed by atoms with E-state index in [1.165, 1.54) is 48.3 Å². The molecule has 31 heavy (non-hydrogen) atoms. The number of rotatable bonds is 3.